The highest BCUT2D eigenvalue weighted by molar-refractivity contribution is 14.1. The molecule has 0 nitrogen and oxygen atoms in total. The molecule has 2 unspecified atom stereocenters. The quantitative estimate of drug-likeness (QED) is 0.0590. The summed E-state index contributed by atoms with van der Waals surface area (Å²) >= 11 is 1.42. The zero-order chi connectivity index (χ0) is 39.4. The number of hydrogen-bond donors (Lipinski definition) is 0. The Morgan fingerprint density at radius 1 is 0.292 bits per heavy atom. The van der Waals surface area contributed by atoms with Crippen molar-refractivity contribution in [1.82, 2.24) is 0 Å². The fraction of sp³-hybridized carbons (Fsp3) is 1.00. The summed E-state index contributed by atoms with van der Waals surface area (Å²) in [6.45, 7) is 0. The minimum Gasteiger partial charge on any atom is -0.200 e. The molecule has 0 saturated carbocycles. The molecule has 0 amide bonds. The molecule has 0 rings (SSSR count). The molecule has 2 atom stereocenters. The first-order valence-corrected chi connectivity index (χ1v) is 14.2. The molecule has 0 spiro atoms. The van der Waals surface area contributed by atoms with Crippen molar-refractivity contribution in [3.05, 3.63) is 0 Å². The van der Waals surface area contributed by atoms with Crippen LogP contribution < -0.4 is 0 Å². The predicted molar refractivity (Wildman–Crippen MR) is 125 cm³/mol. The van der Waals surface area contributed by atoms with Crippen molar-refractivity contribution < 1.29 is 114 Å². The SMILES string of the molecule is FC(F)(F)C(F)(F)C(F)(F)C(F)(F)C(F)(F)C(F)(F)CC(I)CCCCC(I)CC(F)(F)C(F)(F)C(F)(F)C(F)(F)C(F)(F)C(F)(F)F. The van der Waals surface area contributed by atoms with Gasteiger partial charge in [0.2, 0.25) is 0 Å². The maximum Gasteiger partial charge on any atom is 0.460 e. The number of alkyl halides is 28. The van der Waals surface area contributed by atoms with Crippen molar-refractivity contribution in [2.45, 2.75) is 118 Å². The van der Waals surface area contributed by atoms with E-state index in [1.165, 1.54) is 0 Å². The summed E-state index contributed by atoms with van der Waals surface area (Å²) in [6, 6.07) is 0. The van der Waals surface area contributed by atoms with Gasteiger partial charge in [-0.1, -0.05) is 58.0 Å². The van der Waals surface area contributed by atoms with Gasteiger partial charge in [0.1, 0.15) is 0 Å². The molecule has 0 saturated heterocycles. The highest BCUT2D eigenvalue weighted by atomic mass is 127. The average Bonchev–Trinajstić information content (AvgIpc) is 2.83. The molecule has 0 aromatic rings. The van der Waals surface area contributed by atoms with E-state index in [1.54, 1.807) is 0 Å². The first-order valence-electron chi connectivity index (χ1n) is 11.7. The first-order chi connectivity index (χ1) is 20.5. The summed E-state index contributed by atoms with van der Waals surface area (Å²) < 4.78 is 338. The molecule has 28 heteroatoms. The second-order valence-corrected chi connectivity index (χ2v) is 13.4. The van der Waals surface area contributed by atoms with Gasteiger partial charge in [-0.15, -0.1) is 0 Å². The molecule has 0 aromatic heterocycles. The van der Waals surface area contributed by atoms with Crippen LogP contribution in [0, 0.1) is 0 Å². The van der Waals surface area contributed by atoms with E-state index < -0.39 is 118 Å². The van der Waals surface area contributed by atoms with Crippen molar-refractivity contribution in [3.63, 3.8) is 0 Å². The van der Waals surface area contributed by atoms with Crippen LogP contribution in [-0.4, -0.2) is 79.4 Å². The molecule has 0 radical (unpaired) electrons. The van der Waals surface area contributed by atoms with E-state index in [4.69, 9.17) is 0 Å². The van der Waals surface area contributed by atoms with Gasteiger partial charge in [-0.3, -0.25) is 0 Å². The molecule has 0 aliphatic rings. The van der Waals surface area contributed by atoms with Crippen molar-refractivity contribution >= 4 is 45.2 Å². The lowest BCUT2D eigenvalue weighted by atomic mass is 9.91. The number of hydrogen-bond acceptors (Lipinski definition) is 0. The van der Waals surface area contributed by atoms with E-state index in [2.05, 4.69) is 0 Å². The second-order valence-electron chi connectivity index (χ2n) is 9.89. The molecule has 0 N–H and O–H groups in total. The third-order valence-electron chi connectivity index (χ3n) is 6.24. The smallest absolute Gasteiger partial charge is 0.200 e. The van der Waals surface area contributed by atoms with Crippen molar-refractivity contribution in [2.75, 3.05) is 0 Å². The average molecular weight is 1000 g/mol. The normalized spacial score (nSPS) is 17.5. The molecule has 0 aliphatic heterocycles. The van der Waals surface area contributed by atoms with Crippen molar-refractivity contribution in [3.8, 4) is 0 Å². The molecule has 0 heterocycles. The second kappa shape index (κ2) is 13.9. The highest BCUT2D eigenvalue weighted by Crippen LogP contribution is 2.62. The fourth-order valence-electron chi connectivity index (χ4n) is 3.35. The monoisotopic (exact) mass is 1000 g/mol. The summed E-state index contributed by atoms with van der Waals surface area (Å²) in [7, 11) is 0. The van der Waals surface area contributed by atoms with Gasteiger partial charge in [-0.25, -0.2) is 0 Å². The lowest BCUT2D eigenvalue weighted by Gasteiger charge is -2.40. The minimum absolute atomic E-state index is 0.712. The van der Waals surface area contributed by atoms with Crippen LogP contribution in [0.2, 0.25) is 0 Å². The van der Waals surface area contributed by atoms with Crippen LogP contribution >= 0.6 is 45.2 Å². The van der Waals surface area contributed by atoms with E-state index in [1.807, 2.05) is 0 Å². The Kier molecular flexibility index (Phi) is 13.8. The zero-order valence-corrected chi connectivity index (χ0v) is 26.3. The van der Waals surface area contributed by atoms with Gasteiger partial charge in [-0.05, 0) is 12.8 Å². The predicted octanol–water partition coefficient (Wildman–Crippen LogP) is 12.4. The Hall–Kier alpha value is -0.360. The van der Waals surface area contributed by atoms with Gasteiger partial charge in [0.05, 0.1) is 0 Å². The molecule has 0 bridgehead atoms. The summed E-state index contributed by atoms with van der Waals surface area (Å²) in [5.74, 6) is -76.5. The summed E-state index contributed by atoms with van der Waals surface area (Å²) in [5, 5.41) is 0. The van der Waals surface area contributed by atoms with Crippen LogP contribution in [0.1, 0.15) is 38.5 Å². The molecular formula is C20H14F26I2. The van der Waals surface area contributed by atoms with Gasteiger partial charge in [0.15, 0.2) is 0 Å². The molecule has 290 valence electrons. The van der Waals surface area contributed by atoms with E-state index >= 15 is 0 Å². The Bertz CT molecular complexity index is 988. The summed E-state index contributed by atoms with van der Waals surface area (Å²) in [6.07, 6.45) is -24.1. The lowest BCUT2D eigenvalue weighted by Crippen LogP contribution is -2.70. The Balaban J connectivity index is 5.61. The van der Waals surface area contributed by atoms with Crippen molar-refractivity contribution in [2.24, 2.45) is 0 Å². The maximum atomic E-state index is 13.9. The van der Waals surface area contributed by atoms with E-state index in [0.29, 0.717) is 45.2 Å². The third kappa shape index (κ3) is 8.00. The molecule has 48 heavy (non-hydrogen) atoms. The Morgan fingerprint density at radius 2 is 0.479 bits per heavy atom. The fourth-order valence-corrected chi connectivity index (χ4v) is 5.34. The van der Waals surface area contributed by atoms with Gasteiger partial charge < -0.3 is 0 Å². The van der Waals surface area contributed by atoms with Gasteiger partial charge in [0, 0.05) is 20.7 Å². The van der Waals surface area contributed by atoms with Crippen LogP contribution in [0.4, 0.5) is 114 Å². The van der Waals surface area contributed by atoms with E-state index in [9.17, 15) is 114 Å². The lowest BCUT2D eigenvalue weighted by molar-refractivity contribution is -0.440. The number of unbranched alkanes of at least 4 members (excludes halogenated alkanes) is 1. The topological polar surface area (TPSA) is 0 Å². The Morgan fingerprint density at radius 3 is 0.667 bits per heavy atom. The molecule has 0 aliphatic carbocycles. The van der Waals surface area contributed by atoms with Gasteiger partial charge in [0.25, 0.3) is 0 Å². The standard InChI is InChI=1S/C20H14F26I2/c21-9(22,11(25,26)13(29,30)15(33,34)17(37,38)19(41,42)43)5-7(47)3-1-2-4-8(48)6-10(23,24)12(27,28)14(31,32)16(35,36)18(39,40)20(44,45)46/h7-8H,1-6H2. The van der Waals surface area contributed by atoms with Crippen molar-refractivity contribution in [1.29, 1.82) is 0 Å². The van der Waals surface area contributed by atoms with E-state index in [-0.39, 0.29) is 0 Å². The van der Waals surface area contributed by atoms with E-state index in [0.717, 1.165) is 0 Å². The maximum absolute atomic E-state index is 13.9. The minimum atomic E-state index is -8.15. The van der Waals surface area contributed by atoms with Gasteiger partial charge in [-0.2, -0.15) is 114 Å². The number of rotatable bonds is 17. The van der Waals surface area contributed by atoms with Crippen LogP contribution in [-0.2, 0) is 0 Å². The molecule has 0 aromatic carbocycles. The largest absolute Gasteiger partial charge is 0.460 e. The molecule has 0 fully saturated rings. The van der Waals surface area contributed by atoms with Crippen LogP contribution in [0.15, 0.2) is 0 Å². The van der Waals surface area contributed by atoms with Crippen LogP contribution in [0.5, 0.6) is 0 Å². The third-order valence-corrected chi connectivity index (χ3v) is 8.36. The number of halogens is 28. The summed E-state index contributed by atoms with van der Waals surface area (Å²) in [5.41, 5.74) is 0. The molecular weight excluding hydrogens is 988 g/mol. The van der Waals surface area contributed by atoms with Crippen LogP contribution in [0.3, 0.4) is 0 Å². The van der Waals surface area contributed by atoms with Crippen LogP contribution in [0.25, 0.3) is 0 Å². The zero-order valence-electron chi connectivity index (χ0n) is 22.0. The van der Waals surface area contributed by atoms with Gasteiger partial charge >= 0.3 is 71.6 Å². The summed E-state index contributed by atoms with van der Waals surface area (Å²) in [4.78, 5) is 0. The first kappa shape index (κ1) is 47.6. The highest BCUT2D eigenvalue weighted by Gasteiger charge is 2.92. The Labute approximate surface area is 277 Å².